The van der Waals surface area contributed by atoms with Crippen LogP contribution in [0.15, 0.2) is 58.5 Å². The molecule has 2 aromatic rings. The zero-order valence-electron chi connectivity index (χ0n) is 16.4. The average molecular weight is 511 g/mol. The summed E-state index contributed by atoms with van der Waals surface area (Å²) in [7, 11) is 0. The van der Waals surface area contributed by atoms with Gasteiger partial charge < -0.3 is 15.5 Å². The van der Waals surface area contributed by atoms with E-state index in [2.05, 4.69) is 68.8 Å². The van der Waals surface area contributed by atoms with Crippen LogP contribution in [-0.4, -0.2) is 42.9 Å². The fraction of sp³-hybridized carbons (Fsp3) is 0.429. The number of rotatable bonds is 8. The molecule has 1 saturated heterocycles. The molecule has 0 bridgehead atoms. The van der Waals surface area contributed by atoms with Gasteiger partial charge in [-0.1, -0.05) is 24.3 Å². The van der Waals surface area contributed by atoms with Gasteiger partial charge in [-0.05, 0) is 43.5 Å². The van der Waals surface area contributed by atoms with E-state index in [0.29, 0.717) is 6.54 Å². The molecule has 0 unspecified atom stereocenters. The van der Waals surface area contributed by atoms with Crippen molar-refractivity contribution in [2.75, 3.05) is 36.8 Å². The number of guanidine groups is 1. The molecule has 1 aliphatic rings. The minimum Gasteiger partial charge on any atom is -0.357 e. The number of halogens is 1. The van der Waals surface area contributed by atoms with Crippen LogP contribution in [-0.2, 0) is 6.54 Å². The Kier molecular flexibility index (Phi) is 10.5. The highest BCUT2D eigenvalue weighted by molar-refractivity contribution is 14.0. The number of aromatic nitrogens is 1. The molecule has 1 aromatic carbocycles. The summed E-state index contributed by atoms with van der Waals surface area (Å²) in [6.45, 7) is 6.69. The van der Waals surface area contributed by atoms with Gasteiger partial charge in [0.15, 0.2) is 5.96 Å². The molecule has 152 valence electrons. The maximum absolute atomic E-state index is 4.69. The maximum Gasteiger partial charge on any atom is 0.191 e. The smallest absolute Gasteiger partial charge is 0.191 e. The van der Waals surface area contributed by atoms with Crippen molar-refractivity contribution in [2.45, 2.75) is 31.2 Å². The Hall–Kier alpha value is -1.48. The van der Waals surface area contributed by atoms with E-state index < -0.39 is 0 Å². The molecule has 1 aromatic heterocycles. The summed E-state index contributed by atoms with van der Waals surface area (Å²) in [6.07, 6.45) is 4.49. The highest BCUT2D eigenvalue weighted by Crippen LogP contribution is 2.18. The number of aliphatic imine (C=N–C) groups is 1. The highest BCUT2D eigenvalue weighted by atomic mass is 127. The minimum atomic E-state index is 0. The van der Waals surface area contributed by atoms with E-state index >= 15 is 0 Å². The van der Waals surface area contributed by atoms with Gasteiger partial charge in [-0.3, -0.25) is 0 Å². The summed E-state index contributed by atoms with van der Waals surface area (Å²) in [4.78, 5) is 12.9. The Morgan fingerprint density at radius 1 is 1.11 bits per heavy atom. The van der Waals surface area contributed by atoms with E-state index in [1.54, 1.807) is 0 Å². The largest absolute Gasteiger partial charge is 0.357 e. The van der Waals surface area contributed by atoms with Crippen LogP contribution >= 0.6 is 35.7 Å². The lowest BCUT2D eigenvalue weighted by Gasteiger charge is -2.16. The predicted octanol–water partition coefficient (Wildman–Crippen LogP) is 4.15. The quantitative estimate of drug-likeness (QED) is 0.184. The molecule has 0 saturated carbocycles. The maximum atomic E-state index is 4.69. The molecule has 7 heteroatoms. The second-order valence-corrected chi connectivity index (χ2v) is 7.67. The Morgan fingerprint density at radius 3 is 2.57 bits per heavy atom. The third-order valence-electron chi connectivity index (χ3n) is 4.41. The molecule has 1 aliphatic heterocycles. The van der Waals surface area contributed by atoms with Gasteiger partial charge in [-0.2, -0.15) is 0 Å². The molecule has 0 aliphatic carbocycles. The van der Waals surface area contributed by atoms with Gasteiger partial charge in [0.1, 0.15) is 5.82 Å². The van der Waals surface area contributed by atoms with Crippen molar-refractivity contribution in [1.29, 1.82) is 0 Å². The SMILES string of the molecule is CCNC(=NCc1ccc(N2CCCC2)nc1)NCCSc1ccccc1.I. The lowest BCUT2D eigenvalue weighted by Crippen LogP contribution is -2.38. The third-order valence-corrected chi connectivity index (χ3v) is 5.42. The number of hydrogen-bond donors (Lipinski definition) is 2. The molecule has 2 N–H and O–H groups in total. The van der Waals surface area contributed by atoms with Gasteiger partial charge in [0, 0.05) is 43.0 Å². The lowest BCUT2D eigenvalue weighted by atomic mass is 10.3. The first-order chi connectivity index (χ1) is 13.3. The Labute approximate surface area is 189 Å². The number of anilines is 1. The molecule has 1 fully saturated rings. The van der Waals surface area contributed by atoms with Crippen LogP contribution in [0.25, 0.3) is 0 Å². The summed E-state index contributed by atoms with van der Waals surface area (Å²) in [5.41, 5.74) is 1.13. The molecular formula is C21H30IN5S. The van der Waals surface area contributed by atoms with Crippen LogP contribution in [0.1, 0.15) is 25.3 Å². The number of pyridine rings is 1. The fourth-order valence-corrected chi connectivity index (χ4v) is 3.80. The van der Waals surface area contributed by atoms with Gasteiger partial charge in [0.2, 0.25) is 0 Å². The average Bonchev–Trinajstić information content (AvgIpc) is 3.25. The van der Waals surface area contributed by atoms with E-state index in [0.717, 1.165) is 49.3 Å². The van der Waals surface area contributed by atoms with Crippen molar-refractivity contribution >= 4 is 47.5 Å². The van der Waals surface area contributed by atoms with E-state index in [9.17, 15) is 0 Å². The highest BCUT2D eigenvalue weighted by Gasteiger charge is 2.12. The summed E-state index contributed by atoms with van der Waals surface area (Å²) in [5.74, 6) is 2.94. The van der Waals surface area contributed by atoms with Gasteiger partial charge in [-0.15, -0.1) is 35.7 Å². The summed E-state index contributed by atoms with van der Waals surface area (Å²) in [5, 5.41) is 6.72. The molecular weight excluding hydrogens is 481 g/mol. The molecule has 3 rings (SSSR count). The number of benzene rings is 1. The van der Waals surface area contributed by atoms with Crippen molar-refractivity contribution in [1.82, 2.24) is 15.6 Å². The Balaban J connectivity index is 0.00000280. The van der Waals surface area contributed by atoms with Crippen LogP contribution in [0.5, 0.6) is 0 Å². The molecule has 5 nitrogen and oxygen atoms in total. The van der Waals surface area contributed by atoms with Crippen LogP contribution in [0, 0.1) is 0 Å². The standard InChI is InChI=1S/C21H29N5S.HI/c1-2-22-21(23-12-15-27-19-8-4-3-5-9-19)25-17-18-10-11-20(24-16-18)26-13-6-7-14-26;/h3-5,8-11,16H,2,6-7,12-15,17H2,1H3,(H2,22,23,25);1H. The van der Waals surface area contributed by atoms with E-state index in [-0.39, 0.29) is 24.0 Å². The zero-order chi connectivity index (χ0) is 18.7. The number of hydrogen-bond acceptors (Lipinski definition) is 4. The molecule has 0 radical (unpaired) electrons. The topological polar surface area (TPSA) is 52.6 Å². The van der Waals surface area contributed by atoms with Gasteiger partial charge in [0.05, 0.1) is 6.54 Å². The molecule has 2 heterocycles. The van der Waals surface area contributed by atoms with Crippen LogP contribution in [0.4, 0.5) is 5.82 Å². The molecule has 0 atom stereocenters. The second-order valence-electron chi connectivity index (χ2n) is 6.50. The van der Waals surface area contributed by atoms with E-state index in [4.69, 9.17) is 0 Å². The third kappa shape index (κ3) is 7.50. The van der Waals surface area contributed by atoms with Crippen molar-refractivity contribution in [2.24, 2.45) is 4.99 Å². The van der Waals surface area contributed by atoms with Crippen molar-refractivity contribution in [3.8, 4) is 0 Å². The Bertz CT molecular complexity index is 702. The van der Waals surface area contributed by atoms with E-state index in [1.165, 1.54) is 17.7 Å². The van der Waals surface area contributed by atoms with Crippen LogP contribution < -0.4 is 15.5 Å². The monoisotopic (exact) mass is 511 g/mol. The number of thioether (sulfide) groups is 1. The minimum absolute atomic E-state index is 0. The van der Waals surface area contributed by atoms with E-state index in [1.807, 2.05) is 24.0 Å². The molecule has 0 amide bonds. The number of nitrogens with one attached hydrogen (secondary N) is 2. The van der Waals surface area contributed by atoms with Crippen molar-refractivity contribution in [3.63, 3.8) is 0 Å². The zero-order valence-corrected chi connectivity index (χ0v) is 19.6. The van der Waals surface area contributed by atoms with Crippen LogP contribution in [0.2, 0.25) is 0 Å². The van der Waals surface area contributed by atoms with Crippen LogP contribution in [0.3, 0.4) is 0 Å². The van der Waals surface area contributed by atoms with Gasteiger partial charge in [0.25, 0.3) is 0 Å². The summed E-state index contributed by atoms with van der Waals surface area (Å²) in [6, 6.07) is 14.7. The lowest BCUT2D eigenvalue weighted by molar-refractivity contribution is 0.841. The first-order valence-corrected chi connectivity index (χ1v) is 10.7. The normalized spacial score (nSPS) is 13.9. The second kappa shape index (κ2) is 12.9. The van der Waals surface area contributed by atoms with Crippen molar-refractivity contribution < 1.29 is 0 Å². The van der Waals surface area contributed by atoms with Gasteiger partial charge in [-0.25, -0.2) is 9.98 Å². The predicted molar refractivity (Wildman–Crippen MR) is 131 cm³/mol. The Morgan fingerprint density at radius 2 is 1.89 bits per heavy atom. The van der Waals surface area contributed by atoms with Gasteiger partial charge >= 0.3 is 0 Å². The summed E-state index contributed by atoms with van der Waals surface area (Å²) >= 11 is 1.85. The summed E-state index contributed by atoms with van der Waals surface area (Å²) < 4.78 is 0. The first-order valence-electron chi connectivity index (χ1n) is 9.75. The number of nitrogens with zero attached hydrogens (tertiary/aromatic N) is 3. The first kappa shape index (κ1) is 22.8. The van der Waals surface area contributed by atoms with Crippen molar-refractivity contribution in [3.05, 3.63) is 54.2 Å². The molecule has 28 heavy (non-hydrogen) atoms. The fourth-order valence-electron chi connectivity index (χ4n) is 3.01. The molecule has 0 spiro atoms.